The number of amides is 1. The second kappa shape index (κ2) is 5.13. The van der Waals surface area contributed by atoms with Gasteiger partial charge in [0.05, 0.1) is 6.07 Å². The number of benzene rings is 1. The van der Waals surface area contributed by atoms with Crippen molar-refractivity contribution >= 4 is 5.91 Å². The van der Waals surface area contributed by atoms with E-state index in [1.54, 1.807) is 0 Å². The highest BCUT2D eigenvalue weighted by Crippen LogP contribution is 2.20. The first-order valence-corrected chi connectivity index (χ1v) is 5.78. The molecule has 5 heteroatoms. The lowest BCUT2D eigenvalue weighted by Gasteiger charge is -2.31. The van der Waals surface area contributed by atoms with Crippen LogP contribution in [0, 0.1) is 23.0 Å². The van der Waals surface area contributed by atoms with Gasteiger partial charge in [-0.15, -0.1) is 0 Å². The van der Waals surface area contributed by atoms with Gasteiger partial charge in [0.2, 0.25) is 0 Å². The zero-order valence-electron chi connectivity index (χ0n) is 9.70. The Morgan fingerprint density at radius 3 is 2.56 bits per heavy atom. The van der Waals surface area contributed by atoms with E-state index >= 15 is 0 Å². The molecule has 1 unspecified atom stereocenters. The molecule has 18 heavy (non-hydrogen) atoms. The van der Waals surface area contributed by atoms with Crippen molar-refractivity contribution in [3.63, 3.8) is 0 Å². The molecule has 1 atom stereocenters. The molecule has 2 rings (SSSR count). The molecule has 1 aliphatic heterocycles. The van der Waals surface area contributed by atoms with Crippen molar-refractivity contribution in [2.75, 3.05) is 6.54 Å². The summed E-state index contributed by atoms with van der Waals surface area (Å²) in [6.45, 7) is 0.454. The summed E-state index contributed by atoms with van der Waals surface area (Å²) in [6.07, 6.45) is 2.31. The first kappa shape index (κ1) is 12.5. The van der Waals surface area contributed by atoms with Gasteiger partial charge in [0.15, 0.2) is 0 Å². The fourth-order valence-corrected chi connectivity index (χ4v) is 2.15. The predicted molar refractivity (Wildman–Crippen MR) is 60.6 cm³/mol. The summed E-state index contributed by atoms with van der Waals surface area (Å²) in [5, 5.41) is 8.97. The van der Waals surface area contributed by atoms with E-state index in [0.29, 0.717) is 13.0 Å². The maximum atomic E-state index is 13.1. The number of likely N-dealkylation sites (tertiary alicyclic amines) is 1. The fourth-order valence-electron chi connectivity index (χ4n) is 2.15. The van der Waals surface area contributed by atoms with Crippen LogP contribution in [-0.4, -0.2) is 23.4 Å². The van der Waals surface area contributed by atoms with Gasteiger partial charge in [0, 0.05) is 18.2 Å². The number of carbonyl (C=O) groups excluding carboxylic acids is 1. The molecule has 1 aromatic rings. The van der Waals surface area contributed by atoms with Gasteiger partial charge in [-0.1, -0.05) is 0 Å². The Morgan fingerprint density at radius 1 is 1.28 bits per heavy atom. The molecule has 1 fully saturated rings. The zero-order valence-corrected chi connectivity index (χ0v) is 9.70. The average molecular weight is 250 g/mol. The highest BCUT2D eigenvalue weighted by Gasteiger charge is 2.27. The first-order valence-electron chi connectivity index (χ1n) is 5.78. The lowest BCUT2D eigenvalue weighted by atomic mass is 10.0. The molecule has 0 aromatic heterocycles. The molecular formula is C13H12F2N2O. The molecule has 3 nitrogen and oxygen atoms in total. The molecule has 1 amide bonds. The molecular weight excluding hydrogens is 238 g/mol. The molecule has 0 N–H and O–H groups in total. The van der Waals surface area contributed by atoms with E-state index in [9.17, 15) is 13.6 Å². The SMILES string of the molecule is N#CC1CCCCN1C(=O)c1cc(F)cc(F)c1. The standard InChI is InChI=1S/C13H12F2N2O/c14-10-5-9(6-11(15)7-10)13(18)17-4-2-1-3-12(17)8-16/h5-7,12H,1-4H2. The zero-order chi connectivity index (χ0) is 13.1. The minimum Gasteiger partial charge on any atom is -0.323 e. The molecule has 0 bridgehead atoms. The number of carbonyl (C=O) groups is 1. The van der Waals surface area contributed by atoms with Crippen LogP contribution < -0.4 is 0 Å². The molecule has 0 saturated carbocycles. The van der Waals surface area contributed by atoms with Crippen molar-refractivity contribution in [1.82, 2.24) is 4.90 Å². The monoisotopic (exact) mass is 250 g/mol. The summed E-state index contributed by atoms with van der Waals surface area (Å²) in [6, 6.07) is 4.26. The van der Waals surface area contributed by atoms with Crippen molar-refractivity contribution in [2.45, 2.75) is 25.3 Å². The van der Waals surface area contributed by atoms with E-state index in [-0.39, 0.29) is 5.56 Å². The molecule has 1 saturated heterocycles. The lowest BCUT2D eigenvalue weighted by Crippen LogP contribution is -2.43. The van der Waals surface area contributed by atoms with Crippen LogP contribution in [0.3, 0.4) is 0 Å². The lowest BCUT2D eigenvalue weighted by molar-refractivity contribution is 0.0669. The van der Waals surface area contributed by atoms with Gasteiger partial charge < -0.3 is 4.90 Å². The number of hydrogen-bond acceptors (Lipinski definition) is 2. The maximum Gasteiger partial charge on any atom is 0.255 e. The fraction of sp³-hybridized carbons (Fsp3) is 0.385. The molecule has 1 aromatic carbocycles. The summed E-state index contributed by atoms with van der Waals surface area (Å²) in [5.74, 6) is -2.06. The topological polar surface area (TPSA) is 44.1 Å². The molecule has 94 valence electrons. The minimum absolute atomic E-state index is 0.0466. The van der Waals surface area contributed by atoms with Gasteiger partial charge in [0.1, 0.15) is 17.7 Å². The van der Waals surface area contributed by atoms with Gasteiger partial charge >= 0.3 is 0 Å². The van der Waals surface area contributed by atoms with Crippen molar-refractivity contribution in [3.05, 3.63) is 35.4 Å². The van der Waals surface area contributed by atoms with E-state index in [2.05, 4.69) is 6.07 Å². The van der Waals surface area contributed by atoms with E-state index < -0.39 is 23.6 Å². The number of piperidine rings is 1. The molecule has 1 heterocycles. The van der Waals surface area contributed by atoms with Crippen LogP contribution in [0.15, 0.2) is 18.2 Å². The smallest absolute Gasteiger partial charge is 0.255 e. The summed E-state index contributed by atoms with van der Waals surface area (Å²) in [5.41, 5.74) is -0.0466. The highest BCUT2D eigenvalue weighted by atomic mass is 19.1. The quantitative estimate of drug-likeness (QED) is 0.768. The van der Waals surface area contributed by atoms with Crippen molar-refractivity contribution in [2.24, 2.45) is 0 Å². The largest absolute Gasteiger partial charge is 0.323 e. The second-order valence-electron chi connectivity index (χ2n) is 4.30. The maximum absolute atomic E-state index is 13.1. The average Bonchev–Trinajstić information content (AvgIpc) is 2.36. The van der Waals surface area contributed by atoms with Crippen LogP contribution >= 0.6 is 0 Å². The Hall–Kier alpha value is -1.96. The third-order valence-electron chi connectivity index (χ3n) is 3.02. The van der Waals surface area contributed by atoms with Crippen LogP contribution in [0.1, 0.15) is 29.6 Å². The predicted octanol–water partition coefficient (Wildman–Crippen LogP) is 2.48. The Kier molecular flexibility index (Phi) is 3.56. The van der Waals surface area contributed by atoms with Gasteiger partial charge in [-0.05, 0) is 31.4 Å². The highest BCUT2D eigenvalue weighted by molar-refractivity contribution is 5.94. The van der Waals surface area contributed by atoms with Crippen LogP contribution in [0.25, 0.3) is 0 Å². The Labute approximate surface area is 104 Å². The number of nitrogens with zero attached hydrogens (tertiary/aromatic N) is 2. The van der Waals surface area contributed by atoms with Crippen LogP contribution in [-0.2, 0) is 0 Å². The Balaban J connectivity index is 2.27. The third kappa shape index (κ3) is 2.48. The van der Waals surface area contributed by atoms with Gasteiger partial charge in [-0.3, -0.25) is 4.79 Å². The van der Waals surface area contributed by atoms with E-state index in [0.717, 1.165) is 31.0 Å². The number of nitriles is 1. The third-order valence-corrected chi connectivity index (χ3v) is 3.02. The van der Waals surface area contributed by atoms with E-state index in [1.165, 1.54) is 4.90 Å². The van der Waals surface area contributed by atoms with E-state index in [4.69, 9.17) is 5.26 Å². The number of rotatable bonds is 1. The van der Waals surface area contributed by atoms with Crippen molar-refractivity contribution in [1.29, 1.82) is 5.26 Å². The van der Waals surface area contributed by atoms with Gasteiger partial charge in [0.25, 0.3) is 5.91 Å². The van der Waals surface area contributed by atoms with Crippen LogP contribution in [0.2, 0.25) is 0 Å². The van der Waals surface area contributed by atoms with E-state index in [1.807, 2.05) is 0 Å². The molecule has 0 aliphatic carbocycles. The Bertz CT molecular complexity index is 490. The van der Waals surface area contributed by atoms with Gasteiger partial charge in [-0.2, -0.15) is 5.26 Å². The first-order chi connectivity index (χ1) is 8.61. The molecule has 1 aliphatic rings. The number of hydrogen-bond donors (Lipinski definition) is 0. The Morgan fingerprint density at radius 2 is 1.94 bits per heavy atom. The normalized spacial score (nSPS) is 19.4. The minimum atomic E-state index is -0.788. The second-order valence-corrected chi connectivity index (χ2v) is 4.30. The van der Waals surface area contributed by atoms with Crippen LogP contribution in [0.5, 0.6) is 0 Å². The number of halogens is 2. The van der Waals surface area contributed by atoms with Crippen LogP contribution in [0.4, 0.5) is 8.78 Å². The molecule has 0 radical (unpaired) electrons. The van der Waals surface area contributed by atoms with Gasteiger partial charge in [-0.25, -0.2) is 8.78 Å². The summed E-state index contributed by atoms with van der Waals surface area (Å²) in [7, 11) is 0. The summed E-state index contributed by atoms with van der Waals surface area (Å²) < 4.78 is 26.1. The van der Waals surface area contributed by atoms with Crippen molar-refractivity contribution in [3.8, 4) is 6.07 Å². The summed E-state index contributed by atoms with van der Waals surface area (Å²) in [4.78, 5) is 13.5. The summed E-state index contributed by atoms with van der Waals surface area (Å²) >= 11 is 0. The molecule has 0 spiro atoms. The van der Waals surface area contributed by atoms with Crippen molar-refractivity contribution < 1.29 is 13.6 Å².